The predicted molar refractivity (Wildman–Crippen MR) is 74.6 cm³/mol. The first-order chi connectivity index (χ1) is 9.61. The molecule has 1 aliphatic rings. The molecule has 106 valence electrons. The van der Waals surface area contributed by atoms with Gasteiger partial charge in [0.25, 0.3) is 0 Å². The van der Waals surface area contributed by atoms with Crippen molar-refractivity contribution in [3.05, 3.63) is 29.6 Å². The number of likely N-dealkylation sites (tertiary alicyclic amines) is 1. The van der Waals surface area contributed by atoms with Crippen molar-refractivity contribution in [3.63, 3.8) is 0 Å². The number of hydrogen-bond acceptors (Lipinski definition) is 3. The molecule has 1 N–H and O–H groups in total. The van der Waals surface area contributed by atoms with Crippen molar-refractivity contribution in [3.8, 4) is 6.07 Å². The van der Waals surface area contributed by atoms with Crippen LogP contribution in [-0.4, -0.2) is 29.9 Å². The number of nitrogens with one attached hydrogen (secondary N) is 1. The van der Waals surface area contributed by atoms with Gasteiger partial charge in [0.2, 0.25) is 5.91 Å². The molecule has 20 heavy (non-hydrogen) atoms. The van der Waals surface area contributed by atoms with Crippen LogP contribution in [0.25, 0.3) is 0 Å². The van der Waals surface area contributed by atoms with Crippen LogP contribution in [-0.2, 0) is 4.79 Å². The minimum atomic E-state index is -0.574. The first-order valence-corrected chi connectivity index (χ1v) is 6.87. The fourth-order valence-electron chi connectivity index (χ4n) is 2.40. The van der Waals surface area contributed by atoms with Crippen molar-refractivity contribution in [2.24, 2.45) is 0 Å². The summed E-state index contributed by atoms with van der Waals surface area (Å²) in [6, 6.07) is 5.64. The molecular formula is C15H18FN3O. The van der Waals surface area contributed by atoms with Gasteiger partial charge in [-0.3, -0.25) is 4.79 Å². The summed E-state index contributed by atoms with van der Waals surface area (Å²) >= 11 is 0. The summed E-state index contributed by atoms with van der Waals surface area (Å²) in [5, 5.41) is 11.7. The zero-order valence-corrected chi connectivity index (χ0v) is 11.5. The smallest absolute Gasteiger partial charge is 0.244 e. The molecule has 1 aromatic rings. The van der Waals surface area contributed by atoms with Crippen LogP contribution in [0.1, 0.15) is 31.7 Å². The quantitative estimate of drug-likeness (QED) is 0.922. The lowest BCUT2D eigenvalue weighted by Gasteiger charge is -2.29. The van der Waals surface area contributed by atoms with Gasteiger partial charge in [-0.25, -0.2) is 4.39 Å². The Hall–Kier alpha value is -2.09. The summed E-state index contributed by atoms with van der Waals surface area (Å²) in [7, 11) is 0. The summed E-state index contributed by atoms with van der Waals surface area (Å²) in [5.41, 5.74) is 0.518. The molecular weight excluding hydrogens is 257 g/mol. The number of amides is 1. The van der Waals surface area contributed by atoms with Gasteiger partial charge in [0.1, 0.15) is 17.9 Å². The number of hydrogen-bond donors (Lipinski definition) is 1. The molecule has 0 aromatic heterocycles. The molecule has 1 saturated heterocycles. The summed E-state index contributed by atoms with van der Waals surface area (Å²) in [5.74, 6) is -0.537. The van der Waals surface area contributed by atoms with Gasteiger partial charge in [-0.2, -0.15) is 5.26 Å². The summed E-state index contributed by atoms with van der Waals surface area (Å²) in [6.07, 6.45) is 3.26. The van der Waals surface area contributed by atoms with E-state index in [0.717, 1.165) is 25.9 Å². The molecule has 1 fully saturated rings. The zero-order chi connectivity index (χ0) is 14.5. The molecule has 0 spiro atoms. The topological polar surface area (TPSA) is 56.1 Å². The number of nitrogens with zero attached hydrogens (tertiary/aromatic N) is 2. The van der Waals surface area contributed by atoms with E-state index in [4.69, 9.17) is 5.26 Å². The highest BCUT2D eigenvalue weighted by Crippen LogP contribution is 2.16. The highest BCUT2D eigenvalue weighted by atomic mass is 19.1. The van der Waals surface area contributed by atoms with Crippen LogP contribution in [0.15, 0.2) is 18.2 Å². The van der Waals surface area contributed by atoms with Crippen molar-refractivity contribution in [2.45, 2.75) is 32.2 Å². The molecule has 0 aliphatic carbocycles. The first-order valence-electron chi connectivity index (χ1n) is 6.87. The SMILES string of the molecule is CC(Nc1ccc(C#N)c(F)c1)C(=O)N1CCCCC1. The monoisotopic (exact) mass is 275 g/mol. The molecule has 0 radical (unpaired) electrons. The van der Waals surface area contributed by atoms with Crippen LogP contribution in [0.5, 0.6) is 0 Å². The highest BCUT2D eigenvalue weighted by molar-refractivity contribution is 5.84. The maximum absolute atomic E-state index is 13.5. The van der Waals surface area contributed by atoms with Gasteiger partial charge in [0.05, 0.1) is 5.56 Å². The average molecular weight is 275 g/mol. The zero-order valence-electron chi connectivity index (χ0n) is 11.5. The van der Waals surface area contributed by atoms with Gasteiger partial charge in [0.15, 0.2) is 0 Å². The third kappa shape index (κ3) is 3.27. The summed E-state index contributed by atoms with van der Waals surface area (Å²) in [6.45, 7) is 3.37. The van der Waals surface area contributed by atoms with Crippen molar-refractivity contribution >= 4 is 11.6 Å². The largest absolute Gasteiger partial charge is 0.374 e. The number of carbonyl (C=O) groups excluding carboxylic acids is 1. The normalized spacial score (nSPS) is 16.4. The Kier molecular flexibility index (Phi) is 4.57. The van der Waals surface area contributed by atoms with E-state index in [2.05, 4.69) is 5.32 Å². The number of halogens is 1. The van der Waals surface area contributed by atoms with Gasteiger partial charge in [0, 0.05) is 18.8 Å². The van der Waals surface area contributed by atoms with Crippen molar-refractivity contribution in [1.82, 2.24) is 4.90 Å². The Morgan fingerprint density at radius 2 is 2.10 bits per heavy atom. The molecule has 1 unspecified atom stereocenters. The number of carbonyl (C=O) groups is 1. The average Bonchev–Trinajstić information content (AvgIpc) is 2.47. The first kappa shape index (κ1) is 14.3. The van der Waals surface area contributed by atoms with Gasteiger partial charge in [-0.15, -0.1) is 0 Å². The second kappa shape index (κ2) is 6.38. The van der Waals surface area contributed by atoms with E-state index in [-0.39, 0.29) is 11.5 Å². The number of rotatable bonds is 3. The lowest BCUT2D eigenvalue weighted by Crippen LogP contribution is -2.43. The highest BCUT2D eigenvalue weighted by Gasteiger charge is 2.22. The molecule has 1 heterocycles. The Morgan fingerprint density at radius 3 is 2.70 bits per heavy atom. The fourth-order valence-corrected chi connectivity index (χ4v) is 2.40. The Balaban J connectivity index is 2.00. The number of nitriles is 1. The van der Waals surface area contributed by atoms with E-state index >= 15 is 0 Å². The summed E-state index contributed by atoms with van der Waals surface area (Å²) < 4.78 is 13.5. The maximum Gasteiger partial charge on any atom is 0.244 e. The molecule has 1 aromatic carbocycles. The van der Waals surface area contributed by atoms with Gasteiger partial charge >= 0.3 is 0 Å². The minimum absolute atomic E-state index is 0.00515. The van der Waals surface area contributed by atoms with Gasteiger partial charge in [-0.1, -0.05) is 0 Å². The second-order valence-electron chi connectivity index (χ2n) is 5.06. The maximum atomic E-state index is 13.5. The van der Waals surface area contributed by atoms with E-state index in [9.17, 15) is 9.18 Å². The lowest BCUT2D eigenvalue weighted by atomic mass is 10.1. The van der Waals surface area contributed by atoms with Gasteiger partial charge in [-0.05, 0) is 44.4 Å². The molecule has 0 saturated carbocycles. The van der Waals surface area contributed by atoms with E-state index < -0.39 is 11.9 Å². The standard InChI is InChI=1S/C15H18FN3O/c1-11(15(20)19-7-3-2-4-8-19)18-13-6-5-12(10-17)14(16)9-13/h5-6,9,11,18H,2-4,7-8H2,1H3. The molecule has 2 rings (SSSR count). The van der Waals surface area contributed by atoms with E-state index in [1.165, 1.54) is 18.6 Å². The number of piperidine rings is 1. The Morgan fingerprint density at radius 1 is 1.40 bits per heavy atom. The number of benzene rings is 1. The summed E-state index contributed by atoms with van der Waals surface area (Å²) in [4.78, 5) is 14.1. The Bertz CT molecular complexity index is 532. The van der Waals surface area contributed by atoms with Crippen molar-refractivity contribution in [2.75, 3.05) is 18.4 Å². The second-order valence-corrected chi connectivity index (χ2v) is 5.06. The molecule has 0 bridgehead atoms. The molecule has 5 heteroatoms. The van der Waals surface area contributed by atoms with Crippen molar-refractivity contribution in [1.29, 1.82) is 5.26 Å². The van der Waals surface area contributed by atoms with E-state index in [1.807, 2.05) is 4.90 Å². The lowest BCUT2D eigenvalue weighted by molar-refractivity contribution is -0.132. The predicted octanol–water partition coefficient (Wildman–Crippen LogP) is 2.51. The minimum Gasteiger partial charge on any atom is -0.374 e. The fraction of sp³-hybridized carbons (Fsp3) is 0.467. The third-order valence-electron chi connectivity index (χ3n) is 3.51. The van der Waals surface area contributed by atoms with Crippen LogP contribution in [0.2, 0.25) is 0 Å². The van der Waals surface area contributed by atoms with Crippen molar-refractivity contribution < 1.29 is 9.18 Å². The molecule has 4 nitrogen and oxygen atoms in total. The van der Waals surface area contributed by atoms with Gasteiger partial charge < -0.3 is 10.2 Å². The molecule has 1 atom stereocenters. The number of anilines is 1. The Labute approximate surface area is 118 Å². The third-order valence-corrected chi connectivity index (χ3v) is 3.51. The molecule has 1 amide bonds. The van der Waals surface area contributed by atoms with E-state index in [0.29, 0.717) is 5.69 Å². The van der Waals surface area contributed by atoms with Crippen LogP contribution in [0.3, 0.4) is 0 Å². The van der Waals surface area contributed by atoms with E-state index in [1.54, 1.807) is 19.1 Å². The molecule has 1 aliphatic heterocycles. The van der Waals surface area contributed by atoms with Crippen LogP contribution in [0, 0.1) is 17.1 Å². The van der Waals surface area contributed by atoms with Crippen LogP contribution < -0.4 is 5.32 Å². The van der Waals surface area contributed by atoms with Crippen LogP contribution in [0.4, 0.5) is 10.1 Å². The van der Waals surface area contributed by atoms with Crippen LogP contribution >= 0.6 is 0 Å².